The maximum absolute atomic E-state index is 13.3. The number of halogens is 3. The summed E-state index contributed by atoms with van der Waals surface area (Å²) in [5.41, 5.74) is 9.17. The van der Waals surface area contributed by atoms with Gasteiger partial charge in [0.25, 0.3) is 5.91 Å². The second-order valence-corrected chi connectivity index (χ2v) is 9.87. The molecule has 0 saturated heterocycles. The van der Waals surface area contributed by atoms with Crippen LogP contribution in [0, 0.1) is 6.92 Å². The Balaban J connectivity index is 1.92. The summed E-state index contributed by atoms with van der Waals surface area (Å²) in [7, 11) is 3.22. The van der Waals surface area contributed by atoms with Gasteiger partial charge in [0.1, 0.15) is 11.5 Å². The Morgan fingerprint density at radius 2 is 1.98 bits per heavy atom. The molecule has 2 aromatic carbocycles. The van der Waals surface area contributed by atoms with Crippen molar-refractivity contribution in [1.29, 1.82) is 0 Å². The van der Waals surface area contributed by atoms with Gasteiger partial charge >= 0.3 is 6.36 Å². The van der Waals surface area contributed by atoms with Crippen molar-refractivity contribution < 1.29 is 27.4 Å². The molecule has 1 atom stereocenters. The van der Waals surface area contributed by atoms with Crippen LogP contribution in [0.15, 0.2) is 59.0 Å². The van der Waals surface area contributed by atoms with E-state index in [0.29, 0.717) is 22.5 Å². The zero-order valence-electron chi connectivity index (χ0n) is 23.8. The molecule has 0 spiro atoms. The molecule has 0 aromatic heterocycles. The molecule has 1 amide bonds. The Kier molecular flexibility index (Phi) is 9.89. The van der Waals surface area contributed by atoms with Crippen molar-refractivity contribution in [2.24, 2.45) is 16.7 Å². The van der Waals surface area contributed by atoms with Crippen molar-refractivity contribution >= 4 is 23.5 Å². The van der Waals surface area contributed by atoms with E-state index in [9.17, 15) is 18.0 Å². The normalized spacial score (nSPS) is 15.6. The Hall–Kier alpha value is -4.23. The van der Waals surface area contributed by atoms with Crippen molar-refractivity contribution in [3.63, 3.8) is 0 Å². The van der Waals surface area contributed by atoms with Crippen LogP contribution < -0.4 is 36.7 Å². The van der Waals surface area contributed by atoms with Gasteiger partial charge in [-0.05, 0) is 43.7 Å². The highest BCUT2D eigenvalue weighted by molar-refractivity contribution is 6.06. The summed E-state index contributed by atoms with van der Waals surface area (Å²) >= 11 is 0. The van der Waals surface area contributed by atoms with Crippen LogP contribution in [-0.2, 0) is 6.54 Å². The van der Waals surface area contributed by atoms with Gasteiger partial charge in [-0.15, -0.1) is 13.2 Å². The van der Waals surface area contributed by atoms with E-state index in [1.807, 2.05) is 40.8 Å². The van der Waals surface area contributed by atoms with E-state index in [2.05, 4.69) is 20.5 Å². The monoisotopic (exact) mass is 575 g/mol. The lowest BCUT2D eigenvalue weighted by Crippen LogP contribution is -2.30. The van der Waals surface area contributed by atoms with Crippen LogP contribution in [0.25, 0.3) is 0 Å². The fourth-order valence-corrected chi connectivity index (χ4v) is 3.99. The van der Waals surface area contributed by atoms with Gasteiger partial charge in [-0.25, -0.2) is 5.84 Å². The number of ether oxygens (including phenoxy) is 2. The number of allylic oxidation sites excluding steroid dienone is 1. The van der Waals surface area contributed by atoms with Crippen LogP contribution in [0.2, 0.25) is 0 Å². The predicted octanol–water partition coefficient (Wildman–Crippen LogP) is 4.38. The molecule has 222 valence electrons. The first kappa shape index (κ1) is 31.3. The number of hydrazone groups is 1. The van der Waals surface area contributed by atoms with E-state index >= 15 is 0 Å². The number of likely N-dealkylation sites (N-methyl/N-ethyl adjacent to an activating group) is 1. The number of nitrogens with zero attached hydrogens (tertiary/aromatic N) is 3. The molecule has 13 heteroatoms. The molecule has 3 rings (SSSR count). The molecule has 1 aliphatic heterocycles. The first-order valence-corrected chi connectivity index (χ1v) is 12.8. The molecule has 6 N–H and O–H groups in total. The van der Waals surface area contributed by atoms with Crippen LogP contribution in [0.3, 0.4) is 0 Å². The summed E-state index contributed by atoms with van der Waals surface area (Å²) in [5.74, 6) is 5.41. The third kappa shape index (κ3) is 8.38. The minimum atomic E-state index is -4.92. The number of hydrogen-bond donors (Lipinski definition) is 4. The fourth-order valence-electron chi connectivity index (χ4n) is 3.99. The fraction of sp³-hybridized carbons (Fsp3) is 0.357. The highest BCUT2D eigenvalue weighted by atomic mass is 19.4. The Morgan fingerprint density at radius 3 is 2.59 bits per heavy atom. The molecular formula is C28H36F3N7O3. The zero-order chi connectivity index (χ0) is 30.5. The van der Waals surface area contributed by atoms with Crippen molar-refractivity contribution in [2.75, 3.05) is 24.5 Å². The summed E-state index contributed by atoms with van der Waals surface area (Å²) in [4.78, 5) is 13.3. The number of amides is 1. The van der Waals surface area contributed by atoms with Gasteiger partial charge in [0.2, 0.25) is 0 Å². The van der Waals surface area contributed by atoms with Crippen LogP contribution in [0.1, 0.15) is 42.3 Å². The number of rotatable bonds is 10. The van der Waals surface area contributed by atoms with Crippen LogP contribution in [0.5, 0.6) is 11.5 Å². The highest BCUT2D eigenvalue weighted by Crippen LogP contribution is 2.36. The summed E-state index contributed by atoms with van der Waals surface area (Å²) in [6.07, 6.45) is 0.177. The summed E-state index contributed by atoms with van der Waals surface area (Å²) in [5, 5.41) is 13.1. The lowest BCUT2D eigenvalue weighted by Gasteiger charge is -2.24. The molecule has 1 heterocycles. The molecule has 0 bridgehead atoms. The first-order valence-electron chi connectivity index (χ1n) is 12.8. The number of anilines is 2. The molecular weight excluding hydrogens is 539 g/mol. The maximum Gasteiger partial charge on any atom is 0.573 e. The predicted molar refractivity (Wildman–Crippen MR) is 154 cm³/mol. The minimum Gasteiger partial charge on any atom is -0.494 e. The lowest BCUT2D eigenvalue weighted by atomic mass is 10.1. The number of methoxy groups -OCH3 is 1. The highest BCUT2D eigenvalue weighted by Gasteiger charge is 2.32. The largest absolute Gasteiger partial charge is 0.573 e. The second kappa shape index (κ2) is 13.0. The Labute approximate surface area is 237 Å². The number of benzene rings is 2. The molecule has 1 unspecified atom stereocenters. The molecule has 0 radical (unpaired) electrons. The second-order valence-electron chi connectivity index (χ2n) is 9.87. The number of carbonyl (C=O) groups excluding carboxylic acids is 1. The number of aryl methyl sites for hydroxylation is 1. The molecule has 0 saturated carbocycles. The summed E-state index contributed by atoms with van der Waals surface area (Å²) in [6.45, 7) is 7.75. The zero-order valence-corrected chi connectivity index (χ0v) is 23.8. The van der Waals surface area contributed by atoms with Crippen LogP contribution >= 0.6 is 0 Å². The van der Waals surface area contributed by atoms with Crippen molar-refractivity contribution in [2.45, 2.75) is 52.7 Å². The van der Waals surface area contributed by atoms with E-state index in [0.717, 1.165) is 11.6 Å². The Bertz CT molecular complexity index is 1360. The molecule has 41 heavy (non-hydrogen) atoms. The molecule has 0 aliphatic carbocycles. The minimum absolute atomic E-state index is 0.0123. The SMILES string of the molecule is COc1c(CNC(C)C)cc(OC(F)(F)F)cc1NC(=O)c1ccc(C)c(N(N)/C=C(\N)C2=CC(C)N(C)N=C2)c1. The van der Waals surface area contributed by atoms with Gasteiger partial charge < -0.3 is 25.8 Å². The van der Waals surface area contributed by atoms with Crippen LogP contribution in [-0.4, -0.2) is 49.7 Å². The van der Waals surface area contributed by atoms with E-state index in [1.54, 1.807) is 29.4 Å². The molecule has 10 nitrogen and oxygen atoms in total. The van der Waals surface area contributed by atoms with Crippen molar-refractivity contribution in [3.8, 4) is 11.5 Å². The van der Waals surface area contributed by atoms with Gasteiger partial charge in [0, 0.05) is 48.6 Å². The van der Waals surface area contributed by atoms with E-state index in [1.165, 1.54) is 24.4 Å². The third-order valence-electron chi connectivity index (χ3n) is 6.28. The quantitative estimate of drug-likeness (QED) is 0.243. The molecule has 2 aromatic rings. The van der Waals surface area contributed by atoms with Gasteiger partial charge in [-0.3, -0.25) is 14.8 Å². The molecule has 1 aliphatic rings. The topological polar surface area (TPSA) is 130 Å². The number of carbonyl (C=O) groups is 1. The number of alkyl halides is 3. The third-order valence-corrected chi connectivity index (χ3v) is 6.28. The van der Waals surface area contributed by atoms with Gasteiger partial charge in [0.05, 0.1) is 36.4 Å². The molecule has 0 fully saturated rings. The van der Waals surface area contributed by atoms with E-state index in [4.69, 9.17) is 16.3 Å². The summed E-state index contributed by atoms with van der Waals surface area (Å²) in [6, 6.07) is 7.20. The van der Waals surface area contributed by atoms with E-state index in [-0.39, 0.29) is 35.6 Å². The van der Waals surface area contributed by atoms with Gasteiger partial charge in [0.15, 0.2) is 0 Å². The van der Waals surface area contributed by atoms with Crippen LogP contribution in [0.4, 0.5) is 24.5 Å². The first-order chi connectivity index (χ1) is 19.2. The average Bonchev–Trinajstić information content (AvgIpc) is 2.88. The van der Waals surface area contributed by atoms with Crippen molar-refractivity contribution in [1.82, 2.24) is 10.3 Å². The smallest absolute Gasteiger partial charge is 0.494 e. The Morgan fingerprint density at radius 1 is 1.27 bits per heavy atom. The number of nitrogens with two attached hydrogens (primary N) is 2. The average molecular weight is 576 g/mol. The summed E-state index contributed by atoms with van der Waals surface area (Å²) < 4.78 is 48.7. The van der Waals surface area contributed by atoms with Crippen molar-refractivity contribution in [3.05, 3.63) is 70.6 Å². The maximum atomic E-state index is 13.3. The number of nitrogens with one attached hydrogen (secondary N) is 2. The van der Waals surface area contributed by atoms with E-state index < -0.39 is 18.0 Å². The number of hydrogen-bond acceptors (Lipinski definition) is 9. The van der Waals surface area contributed by atoms with Gasteiger partial charge in [-0.1, -0.05) is 19.9 Å². The number of hydrazine groups is 1. The standard InChI is InChI=1S/C28H36F3N7O3/c1-16(2)34-13-21-10-22(41-28(29,30)31)12-24(26(21)40-6)36-27(39)19-8-7-17(3)25(11-19)38(33)15-23(32)20-9-18(4)37(5)35-14-20/h7-12,14-16,18,34H,13,32-33H2,1-6H3,(H,36,39)/b23-15-. The van der Waals surface area contributed by atoms with Gasteiger partial charge in [-0.2, -0.15) is 5.10 Å². The lowest BCUT2D eigenvalue weighted by molar-refractivity contribution is -0.274.